The van der Waals surface area contributed by atoms with Gasteiger partial charge in [-0.25, -0.2) is 9.67 Å². The molecule has 1 fully saturated rings. The van der Waals surface area contributed by atoms with Gasteiger partial charge in [-0.05, 0) is 31.0 Å². The number of rotatable bonds is 4. The smallest absolute Gasteiger partial charge is 0.458 e. The maximum atomic E-state index is 13.9. The van der Waals surface area contributed by atoms with Gasteiger partial charge in [-0.2, -0.15) is 4.98 Å². The molecule has 172 valence electrons. The minimum Gasteiger partial charge on any atom is -0.496 e. The second-order valence-electron chi connectivity index (χ2n) is 8.71. The number of aryl methyl sites for hydroxylation is 1. The number of H-pyrrole nitrogens is 2. The van der Waals surface area contributed by atoms with Gasteiger partial charge in [0.25, 0.3) is 11.5 Å². The standard InChI is InChI=1S/C24H24N8O2/c1-14-25-23-26-17-12-13-31(24-27-21(28-29-24)15-8-4-3-5-9-15)22(33)19(17)20(32(23)30-14)16-10-6-7-11-18(16)34-2/h6-7,10-13,15H,3-5,8-9H2,1-2H3,(H,27,28,29)/p+1. The summed E-state index contributed by atoms with van der Waals surface area (Å²) in [5.74, 6) is 3.34. The summed E-state index contributed by atoms with van der Waals surface area (Å²) in [6.07, 6.45) is 7.52. The van der Waals surface area contributed by atoms with Crippen LogP contribution in [0, 0.1) is 6.92 Å². The van der Waals surface area contributed by atoms with E-state index < -0.39 is 0 Å². The van der Waals surface area contributed by atoms with Crippen LogP contribution in [-0.4, -0.2) is 41.9 Å². The van der Waals surface area contributed by atoms with E-state index in [-0.39, 0.29) is 5.56 Å². The summed E-state index contributed by atoms with van der Waals surface area (Å²) in [5.41, 5.74) is 1.66. The topological polar surface area (TPSA) is 118 Å². The quantitative estimate of drug-likeness (QED) is 0.401. The monoisotopic (exact) mass is 457 g/mol. The van der Waals surface area contributed by atoms with Crippen molar-refractivity contribution in [2.24, 2.45) is 0 Å². The first-order valence-corrected chi connectivity index (χ1v) is 11.5. The summed E-state index contributed by atoms with van der Waals surface area (Å²) in [7, 11) is 1.61. The van der Waals surface area contributed by atoms with Gasteiger partial charge in [0.1, 0.15) is 17.0 Å². The predicted molar refractivity (Wildman–Crippen MR) is 125 cm³/mol. The number of aromatic amines is 2. The molecule has 4 aromatic heterocycles. The second-order valence-corrected chi connectivity index (χ2v) is 8.71. The van der Waals surface area contributed by atoms with Gasteiger partial charge in [0.15, 0.2) is 11.2 Å². The van der Waals surface area contributed by atoms with Crippen LogP contribution < -0.4 is 14.8 Å². The normalized spacial score (nSPS) is 14.8. The molecule has 0 amide bonds. The van der Waals surface area contributed by atoms with E-state index in [1.54, 1.807) is 23.9 Å². The first-order valence-electron chi connectivity index (χ1n) is 11.5. The molecule has 6 rings (SSSR count). The average Bonchev–Trinajstić information content (AvgIpc) is 3.50. The highest BCUT2D eigenvalue weighted by Crippen LogP contribution is 2.32. The van der Waals surface area contributed by atoms with Gasteiger partial charge in [-0.1, -0.05) is 41.4 Å². The molecule has 10 nitrogen and oxygen atoms in total. The number of pyridine rings is 1. The minimum absolute atomic E-state index is 0.262. The van der Waals surface area contributed by atoms with E-state index in [4.69, 9.17) is 9.72 Å². The Labute approximate surface area is 194 Å². The van der Waals surface area contributed by atoms with Crippen molar-refractivity contribution >= 4 is 16.7 Å². The summed E-state index contributed by atoms with van der Waals surface area (Å²) in [6.45, 7) is 1.85. The SMILES string of the molecule is COc1ccccc1-c1c2c(=O)n(-c3n[nH]c(C4CCCCC4)n3)ccc2nc2nc(C)[nH][n+]12. The first-order chi connectivity index (χ1) is 16.6. The van der Waals surface area contributed by atoms with Crippen molar-refractivity contribution < 1.29 is 9.25 Å². The van der Waals surface area contributed by atoms with Gasteiger partial charge in [0.05, 0.1) is 12.7 Å². The Balaban J connectivity index is 1.60. The summed E-state index contributed by atoms with van der Waals surface area (Å²) in [4.78, 5) is 27.7. The van der Waals surface area contributed by atoms with E-state index in [9.17, 15) is 4.79 Å². The Kier molecular flexibility index (Phi) is 4.86. The average molecular weight is 458 g/mol. The van der Waals surface area contributed by atoms with Crippen molar-refractivity contribution in [3.05, 3.63) is 58.5 Å². The minimum atomic E-state index is -0.262. The Morgan fingerprint density at radius 2 is 1.91 bits per heavy atom. The van der Waals surface area contributed by atoms with Gasteiger partial charge >= 0.3 is 5.78 Å². The number of benzene rings is 1. The number of hydrogen-bond acceptors (Lipinski definition) is 6. The molecule has 1 aliphatic rings. The Bertz CT molecular complexity index is 1580. The van der Waals surface area contributed by atoms with Gasteiger partial charge in [0, 0.05) is 19.0 Å². The van der Waals surface area contributed by atoms with Crippen LogP contribution in [0.3, 0.4) is 0 Å². The number of methoxy groups -OCH3 is 1. The molecule has 0 saturated heterocycles. The van der Waals surface area contributed by atoms with Crippen molar-refractivity contribution in [3.63, 3.8) is 0 Å². The van der Waals surface area contributed by atoms with E-state index in [1.807, 2.05) is 31.2 Å². The van der Waals surface area contributed by atoms with E-state index in [2.05, 4.69) is 25.3 Å². The van der Waals surface area contributed by atoms with Gasteiger partial charge in [-0.15, -0.1) is 9.61 Å². The fourth-order valence-electron chi connectivity index (χ4n) is 4.91. The second kappa shape index (κ2) is 8.05. The molecule has 10 heteroatoms. The zero-order chi connectivity index (χ0) is 23.2. The highest BCUT2D eigenvalue weighted by Gasteiger charge is 2.27. The van der Waals surface area contributed by atoms with E-state index in [0.29, 0.717) is 45.8 Å². The third-order valence-electron chi connectivity index (χ3n) is 6.55. The van der Waals surface area contributed by atoms with Gasteiger partial charge < -0.3 is 4.74 Å². The lowest BCUT2D eigenvalue weighted by Gasteiger charge is -2.18. The first kappa shape index (κ1) is 20.5. The maximum Gasteiger partial charge on any atom is 0.458 e. The molecule has 0 bridgehead atoms. The molecule has 1 aromatic carbocycles. The van der Waals surface area contributed by atoms with E-state index >= 15 is 0 Å². The molecule has 4 heterocycles. The molecule has 0 unspecified atom stereocenters. The molecule has 0 spiro atoms. The number of aromatic nitrogens is 8. The summed E-state index contributed by atoms with van der Waals surface area (Å²) >= 11 is 0. The Morgan fingerprint density at radius 3 is 2.74 bits per heavy atom. The van der Waals surface area contributed by atoms with Crippen molar-refractivity contribution in [1.29, 1.82) is 0 Å². The Hall–Kier alpha value is -4.08. The van der Waals surface area contributed by atoms with E-state index in [0.717, 1.165) is 24.2 Å². The molecule has 34 heavy (non-hydrogen) atoms. The number of hydrogen-bond donors (Lipinski definition) is 2. The van der Waals surface area contributed by atoms with Crippen LogP contribution >= 0.6 is 0 Å². The molecule has 1 aliphatic carbocycles. The van der Waals surface area contributed by atoms with Crippen LogP contribution in [0.25, 0.3) is 33.9 Å². The van der Waals surface area contributed by atoms with Crippen molar-refractivity contribution in [2.75, 3.05) is 7.11 Å². The van der Waals surface area contributed by atoms with Crippen LogP contribution in [0.15, 0.2) is 41.3 Å². The van der Waals surface area contributed by atoms with Gasteiger partial charge in [-0.3, -0.25) is 9.89 Å². The molecular weight excluding hydrogens is 432 g/mol. The van der Waals surface area contributed by atoms with E-state index in [1.165, 1.54) is 23.8 Å². The Morgan fingerprint density at radius 1 is 1.09 bits per heavy atom. The maximum absolute atomic E-state index is 13.9. The molecule has 0 atom stereocenters. The molecule has 2 N–H and O–H groups in total. The lowest BCUT2D eigenvalue weighted by Crippen LogP contribution is -2.32. The van der Waals surface area contributed by atoms with Crippen molar-refractivity contribution in [3.8, 4) is 23.0 Å². The fourth-order valence-corrected chi connectivity index (χ4v) is 4.91. The largest absolute Gasteiger partial charge is 0.496 e. The third kappa shape index (κ3) is 3.25. The van der Waals surface area contributed by atoms with Gasteiger partial charge in [0.2, 0.25) is 5.82 Å². The van der Waals surface area contributed by atoms with Crippen LogP contribution in [-0.2, 0) is 0 Å². The van der Waals surface area contributed by atoms with Crippen LogP contribution in [0.4, 0.5) is 0 Å². The molecule has 5 aromatic rings. The zero-order valence-electron chi connectivity index (χ0n) is 19.1. The molecule has 1 saturated carbocycles. The van der Waals surface area contributed by atoms with Crippen LogP contribution in [0.5, 0.6) is 5.75 Å². The zero-order valence-corrected chi connectivity index (χ0v) is 19.1. The fraction of sp³-hybridized carbons (Fsp3) is 0.333. The molecular formula is C24H25N8O2+. The van der Waals surface area contributed by atoms with Crippen molar-refractivity contribution in [2.45, 2.75) is 44.9 Å². The number of fused-ring (bicyclic) bond motifs is 2. The highest BCUT2D eigenvalue weighted by molar-refractivity contribution is 5.92. The highest BCUT2D eigenvalue weighted by atomic mass is 16.5. The number of ether oxygens (including phenoxy) is 1. The number of nitrogens with one attached hydrogen (secondary N) is 2. The molecule has 0 radical (unpaired) electrons. The number of nitrogens with zero attached hydrogens (tertiary/aromatic N) is 6. The summed E-state index contributed by atoms with van der Waals surface area (Å²) in [6, 6.07) is 9.39. The molecule has 0 aliphatic heterocycles. The third-order valence-corrected chi connectivity index (χ3v) is 6.55. The lowest BCUT2D eigenvalue weighted by atomic mass is 9.89. The van der Waals surface area contributed by atoms with Crippen molar-refractivity contribution in [1.82, 2.24) is 34.8 Å². The summed E-state index contributed by atoms with van der Waals surface area (Å²) < 4.78 is 8.83. The van der Waals surface area contributed by atoms with Crippen LogP contribution in [0.1, 0.15) is 49.7 Å². The predicted octanol–water partition coefficient (Wildman–Crippen LogP) is 3.00. The summed E-state index contributed by atoms with van der Waals surface area (Å²) in [5, 5.41) is 11.1. The number of para-hydroxylation sites is 1. The lowest BCUT2D eigenvalue weighted by molar-refractivity contribution is -0.567. The van der Waals surface area contributed by atoms with Crippen LogP contribution in [0.2, 0.25) is 0 Å².